The van der Waals surface area contributed by atoms with Gasteiger partial charge in [0.1, 0.15) is 5.82 Å². The molecule has 4 heterocycles. The second-order valence-electron chi connectivity index (χ2n) is 6.67. The molecule has 3 aromatic heterocycles. The van der Waals surface area contributed by atoms with Crippen LogP contribution in [-0.2, 0) is 7.05 Å². The van der Waals surface area contributed by atoms with Crippen LogP contribution in [0.3, 0.4) is 0 Å². The van der Waals surface area contributed by atoms with Crippen LogP contribution in [0.2, 0.25) is 0 Å². The second-order valence-corrected chi connectivity index (χ2v) is 6.67. The molecule has 1 saturated heterocycles. The quantitative estimate of drug-likeness (QED) is 0.747. The fourth-order valence-electron chi connectivity index (χ4n) is 3.14. The number of fused-ring (bicyclic) bond motifs is 1. The minimum atomic E-state index is 0.376. The van der Waals surface area contributed by atoms with Crippen molar-refractivity contribution in [2.24, 2.45) is 7.05 Å². The summed E-state index contributed by atoms with van der Waals surface area (Å²) in [6, 6.07) is 2.32. The highest BCUT2D eigenvalue weighted by atomic mass is 15.2. The summed E-state index contributed by atoms with van der Waals surface area (Å²) in [5, 5.41) is 4.15. The van der Waals surface area contributed by atoms with Gasteiger partial charge in [0.05, 0.1) is 17.4 Å². The van der Waals surface area contributed by atoms with E-state index in [2.05, 4.69) is 37.2 Å². The summed E-state index contributed by atoms with van der Waals surface area (Å²) in [5.41, 5.74) is 8.52. The van der Waals surface area contributed by atoms with E-state index in [4.69, 9.17) is 5.73 Å². The monoisotopic (exact) mass is 338 g/mol. The first kappa shape index (κ1) is 15.8. The maximum absolute atomic E-state index is 6.17. The number of nitrogens with two attached hydrogens (primary N) is 1. The smallest absolute Gasteiger partial charge is 0.226 e. The number of imidazole rings is 1. The number of hydrogen-bond acceptors (Lipinski definition) is 7. The third-order valence-electron chi connectivity index (χ3n) is 4.63. The first-order valence-electron chi connectivity index (χ1n) is 8.45. The lowest BCUT2D eigenvalue weighted by Crippen LogP contribution is -2.37. The summed E-state index contributed by atoms with van der Waals surface area (Å²) in [4.78, 5) is 20.1. The molecule has 0 spiro atoms. The first-order chi connectivity index (χ1) is 12.1. The SMILES string of the molecule is CN1CCC(Nc2nc(N)c3cc(-c4cn(C)cn4)cnc3n2)CC1. The second kappa shape index (κ2) is 6.29. The summed E-state index contributed by atoms with van der Waals surface area (Å²) in [6.45, 7) is 2.15. The molecule has 3 N–H and O–H groups in total. The Hall–Kier alpha value is -2.74. The minimum Gasteiger partial charge on any atom is -0.383 e. The highest BCUT2D eigenvalue weighted by Gasteiger charge is 2.18. The zero-order valence-electron chi connectivity index (χ0n) is 14.5. The van der Waals surface area contributed by atoms with Gasteiger partial charge in [0, 0.05) is 31.0 Å². The standard InChI is InChI=1S/C17H22N8/c1-24-5-3-12(4-6-24)21-17-22-15(18)13-7-11(8-19-16(13)23-17)14-9-25(2)10-20-14/h7-10,12H,3-6H2,1-2H3,(H3,18,19,21,22,23). The molecule has 8 heteroatoms. The van der Waals surface area contributed by atoms with Crippen molar-refractivity contribution in [2.75, 3.05) is 31.2 Å². The number of aryl methyl sites for hydroxylation is 1. The van der Waals surface area contributed by atoms with E-state index in [0.29, 0.717) is 23.5 Å². The molecule has 3 aromatic rings. The molecule has 4 rings (SSSR count). The van der Waals surface area contributed by atoms with Crippen molar-refractivity contribution in [3.63, 3.8) is 0 Å². The lowest BCUT2D eigenvalue weighted by atomic mass is 10.1. The highest BCUT2D eigenvalue weighted by Crippen LogP contribution is 2.25. The van der Waals surface area contributed by atoms with Crippen LogP contribution >= 0.6 is 0 Å². The number of nitrogens with zero attached hydrogens (tertiary/aromatic N) is 6. The van der Waals surface area contributed by atoms with E-state index >= 15 is 0 Å². The zero-order valence-corrected chi connectivity index (χ0v) is 14.5. The van der Waals surface area contributed by atoms with Crippen molar-refractivity contribution in [1.29, 1.82) is 0 Å². The van der Waals surface area contributed by atoms with E-state index in [0.717, 1.165) is 42.6 Å². The summed E-state index contributed by atoms with van der Waals surface area (Å²) in [6.07, 6.45) is 7.62. The number of aromatic nitrogens is 5. The van der Waals surface area contributed by atoms with Gasteiger partial charge >= 0.3 is 0 Å². The van der Waals surface area contributed by atoms with Crippen LogP contribution in [0.25, 0.3) is 22.3 Å². The van der Waals surface area contributed by atoms with Gasteiger partial charge in [-0.05, 0) is 39.0 Å². The van der Waals surface area contributed by atoms with Crippen LogP contribution in [-0.4, -0.2) is 55.6 Å². The van der Waals surface area contributed by atoms with Crippen molar-refractivity contribution >= 4 is 22.8 Å². The molecule has 0 aliphatic carbocycles. The van der Waals surface area contributed by atoms with E-state index in [1.807, 2.05) is 23.9 Å². The summed E-state index contributed by atoms with van der Waals surface area (Å²) in [7, 11) is 4.08. The molecule has 0 amide bonds. The molecule has 0 atom stereocenters. The van der Waals surface area contributed by atoms with Gasteiger partial charge in [-0.3, -0.25) is 0 Å². The molecule has 25 heavy (non-hydrogen) atoms. The molecule has 1 aliphatic rings. The third-order valence-corrected chi connectivity index (χ3v) is 4.63. The molecular formula is C17H22N8. The number of pyridine rings is 1. The fourth-order valence-corrected chi connectivity index (χ4v) is 3.14. The normalized spacial score (nSPS) is 16.4. The number of likely N-dealkylation sites (tertiary alicyclic amines) is 1. The number of piperidine rings is 1. The lowest BCUT2D eigenvalue weighted by molar-refractivity contribution is 0.263. The van der Waals surface area contributed by atoms with Crippen LogP contribution in [0.15, 0.2) is 24.8 Å². The van der Waals surface area contributed by atoms with Gasteiger partial charge in [0.15, 0.2) is 5.65 Å². The fraction of sp³-hybridized carbons (Fsp3) is 0.412. The summed E-state index contributed by atoms with van der Waals surface area (Å²) < 4.78 is 1.90. The number of nitrogens with one attached hydrogen (secondary N) is 1. The van der Waals surface area contributed by atoms with E-state index < -0.39 is 0 Å². The van der Waals surface area contributed by atoms with Crippen LogP contribution in [0, 0.1) is 0 Å². The van der Waals surface area contributed by atoms with Crippen molar-refractivity contribution in [3.05, 3.63) is 24.8 Å². The van der Waals surface area contributed by atoms with Crippen LogP contribution in [0.1, 0.15) is 12.8 Å². The van der Waals surface area contributed by atoms with Gasteiger partial charge in [-0.25, -0.2) is 9.97 Å². The predicted octanol–water partition coefficient (Wildman–Crippen LogP) is 1.51. The van der Waals surface area contributed by atoms with Crippen molar-refractivity contribution in [1.82, 2.24) is 29.4 Å². The van der Waals surface area contributed by atoms with Crippen molar-refractivity contribution in [3.8, 4) is 11.3 Å². The van der Waals surface area contributed by atoms with Crippen LogP contribution in [0.5, 0.6) is 0 Å². The van der Waals surface area contributed by atoms with Gasteiger partial charge in [-0.2, -0.15) is 9.97 Å². The van der Waals surface area contributed by atoms with Gasteiger partial charge in [0.2, 0.25) is 5.95 Å². The van der Waals surface area contributed by atoms with Crippen LogP contribution < -0.4 is 11.1 Å². The highest BCUT2D eigenvalue weighted by molar-refractivity contribution is 5.89. The Morgan fingerprint density at radius 1 is 1.16 bits per heavy atom. The molecule has 1 aliphatic heterocycles. The zero-order chi connectivity index (χ0) is 17.4. The largest absolute Gasteiger partial charge is 0.383 e. The van der Waals surface area contributed by atoms with E-state index in [1.54, 1.807) is 12.5 Å². The Kier molecular flexibility index (Phi) is 3.96. The van der Waals surface area contributed by atoms with Gasteiger partial charge in [-0.1, -0.05) is 0 Å². The van der Waals surface area contributed by atoms with Crippen molar-refractivity contribution < 1.29 is 0 Å². The Morgan fingerprint density at radius 3 is 2.68 bits per heavy atom. The Balaban J connectivity index is 1.61. The van der Waals surface area contributed by atoms with Crippen molar-refractivity contribution in [2.45, 2.75) is 18.9 Å². The average Bonchev–Trinajstić information content (AvgIpc) is 3.03. The Morgan fingerprint density at radius 2 is 1.96 bits per heavy atom. The average molecular weight is 338 g/mol. The predicted molar refractivity (Wildman–Crippen MR) is 98.1 cm³/mol. The molecule has 0 aromatic carbocycles. The third kappa shape index (κ3) is 3.25. The van der Waals surface area contributed by atoms with Gasteiger partial charge < -0.3 is 20.5 Å². The van der Waals surface area contributed by atoms with Gasteiger partial charge in [-0.15, -0.1) is 0 Å². The maximum atomic E-state index is 6.17. The van der Waals surface area contributed by atoms with E-state index in [-0.39, 0.29) is 0 Å². The summed E-state index contributed by atoms with van der Waals surface area (Å²) in [5.74, 6) is 0.989. The summed E-state index contributed by atoms with van der Waals surface area (Å²) >= 11 is 0. The molecule has 1 fully saturated rings. The number of hydrogen-bond donors (Lipinski definition) is 2. The molecule has 0 saturated carbocycles. The molecule has 0 unspecified atom stereocenters. The molecule has 8 nitrogen and oxygen atoms in total. The van der Waals surface area contributed by atoms with Crippen LogP contribution in [0.4, 0.5) is 11.8 Å². The topological polar surface area (TPSA) is 97.8 Å². The molecule has 130 valence electrons. The number of rotatable bonds is 3. The van der Waals surface area contributed by atoms with E-state index in [9.17, 15) is 0 Å². The minimum absolute atomic E-state index is 0.376. The number of anilines is 2. The molecule has 0 bridgehead atoms. The Bertz CT molecular complexity index is 895. The lowest BCUT2D eigenvalue weighted by Gasteiger charge is -2.29. The maximum Gasteiger partial charge on any atom is 0.226 e. The number of nitrogen functional groups attached to an aromatic ring is 1. The molecular weight excluding hydrogens is 316 g/mol. The van der Waals surface area contributed by atoms with E-state index in [1.165, 1.54) is 0 Å². The first-order valence-corrected chi connectivity index (χ1v) is 8.45. The Labute approximate surface area is 146 Å². The van der Waals surface area contributed by atoms with Gasteiger partial charge in [0.25, 0.3) is 0 Å². The molecule has 0 radical (unpaired) electrons.